The number of nitrogens with zero attached hydrogens (tertiary/aromatic N) is 1. The lowest BCUT2D eigenvalue weighted by Crippen LogP contribution is -2.36. The number of carbonyl (C=O) groups excluding carboxylic acids is 1. The van der Waals surface area contributed by atoms with Crippen LogP contribution in [-0.4, -0.2) is 28.5 Å². The Labute approximate surface area is 139 Å². The first-order valence-corrected chi connectivity index (χ1v) is 7.89. The maximum absolute atomic E-state index is 12.4. The van der Waals surface area contributed by atoms with E-state index in [1.54, 1.807) is 6.92 Å². The molecular formula is C16H20N2O6. The van der Waals surface area contributed by atoms with Crippen LogP contribution in [0.15, 0.2) is 18.2 Å². The summed E-state index contributed by atoms with van der Waals surface area (Å²) >= 11 is 0. The largest absolute Gasteiger partial charge is 0.494 e. The monoisotopic (exact) mass is 336 g/mol. The number of hydrogen-bond acceptors (Lipinski definition) is 5. The molecule has 0 radical (unpaired) electrons. The highest BCUT2D eigenvalue weighted by molar-refractivity contribution is 5.97. The number of nitrogens with one attached hydrogen (secondary N) is 1. The number of hydrogen-bond donors (Lipinski definition) is 2. The third-order valence-corrected chi connectivity index (χ3v) is 4.15. The topological polar surface area (TPSA) is 119 Å². The molecule has 2 N–H and O–H groups in total. The van der Waals surface area contributed by atoms with Gasteiger partial charge in [0.05, 0.1) is 29.4 Å². The average Bonchev–Trinajstić information content (AvgIpc) is 2.56. The Hall–Kier alpha value is -2.64. The van der Waals surface area contributed by atoms with Gasteiger partial charge in [-0.05, 0) is 31.9 Å². The molecule has 130 valence electrons. The standard InChI is InChI=1S/C16H20N2O6/c1-2-24-10-7-8-13(14(9-10)18(22)23)17-15(19)11-5-3-4-6-12(11)16(20)21/h7-9,11-12H,2-6H2,1H3,(H,17,19)(H,20,21)/t11-,12+/m0/s1. The fourth-order valence-electron chi connectivity index (χ4n) is 2.99. The third kappa shape index (κ3) is 4.01. The second-order valence-electron chi connectivity index (χ2n) is 5.69. The Morgan fingerprint density at radius 1 is 1.33 bits per heavy atom. The zero-order chi connectivity index (χ0) is 17.7. The van der Waals surface area contributed by atoms with Crippen molar-refractivity contribution in [2.75, 3.05) is 11.9 Å². The molecule has 1 aliphatic rings. The minimum absolute atomic E-state index is 0.0446. The molecule has 0 aliphatic heterocycles. The summed E-state index contributed by atoms with van der Waals surface area (Å²) in [6, 6.07) is 4.18. The first kappa shape index (κ1) is 17.7. The van der Waals surface area contributed by atoms with E-state index in [0.717, 1.165) is 12.8 Å². The Morgan fingerprint density at radius 3 is 2.58 bits per heavy atom. The van der Waals surface area contributed by atoms with Gasteiger partial charge in [-0.1, -0.05) is 12.8 Å². The third-order valence-electron chi connectivity index (χ3n) is 4.15. The van der Waals surface area contributed by atoms with Gasteiger partial charge < -0.3 is 15.2 Å². The molecule has 0 heterocycles. The first-order valence-electron chi connectivity index (χ1n) is 7.89. The fourth-order valence-corrected chi connectivity index (χ4v) is 2.99. The van der Waals surface area contributed by atoms with Gasteiger partial charge in [-0.25, -0.2) is 0 Å². The number of carbonyl (C=O) groups is 2. The van der Waals surface area contributed by atoms with Gasteiger partial charge in [-0.2, -0.15) is 0 Å². The van der Waals surface area contributed by atoms with Crippen molar-refractivity contribution in [2.24, 2.45) is 11.8 Å². The SMILES string of the molecule is CCOc1ccc(NC(=O)[C@H]2CCCC[C@H]2C(=O)O)c([N+](=O)[O-])c1. The van der Waals surface area contributed by atoms with Crippen LogP contribution in [0.3, 0.4) is 0 Å². The number of rotatable bonds is 6. The zero-order valence-electron chi connectivity index (χ0n) is 13.4. The normalized spacial score (nSPS) is 20.2. The molecule has 8 nitrogen and oxygen atoms in total. The van der Waals surface area contributed by atoms with Crippen LogP contribution in [0.1, 0.15) is 32.6 Å². The van der Waals surface area contributed by atoms with Gasteiger partial charge in [0, 0.05) is 0 Å². The number of carboxylic acid groups (broad SMARTS) is 1. The number of benzene rings is 1. The number of ether oxygens (including phenoxy) is 1. The molecule has 1 aliphatic carbocycles. The van der Waals surface area contributed by atoms with Crippen molar-refractivity contribution in [2.45, 2.75) is 32.6 Å². The number of carboxylic acids is 1. The summed E-state index contributed by atoms with van der Waals surface area (Å²) in [5, 5.41) is 23.0. The molecule has 1 aromatic rings. The van der Waals surface area contributed by atoms with Crippen molar-refractivity contribution in [3.05, 3.63) is 28.3 Å². The van der Waals surface area contributed by atoms with Crippen molar-refractivity contribution in [3.8, 4) is 5.75 Å². The van der Waals surface area contributed by atoms with Crippen molar-refractivity contribution >= 4 is 23.3 Å². The van der Waals surface area contributed by atoms with Crippen LogP contribution in [0, 0.1) is 22.0 Å². The summed E-state index contributed by atoms with van der Waals surface area (Å²) in [5.74, 6) is -2.59. The van der Waals surface area contributed by atoms with E-state index in [1.165, 1.54) is 18.2 Å². The minimum Gasteiger partial charge on any atom is -0.494 e. The molecule has 2 rings (SSSR count). The molecule has 1 aromatic carbocycles. The number of nitro groups is 1. The maximum atomic E-state index is 12.4. The van der Waals surface area contributed by atoms with Crippen LogP contribution in [0.25, 0.3) is 0 Å². The highest BCUT2D eigenvalue weighted by Gasteiger charge is 2.36. The first-order chi connectivity index (χ1) is 11.4. The molecule has 2 atom stereocenters. The van der Waals surface area contributed by atoms with Crippen LogP contribution in [0.5, 0.6) is 5.75 Å². The van der Waals surface area contributed by atoms with E-state index in [2.05, 4.69) is 5.32 Å². The minimum atomic E-state index is -1.00. The Kier molecular flexibility index (Phi) is 5.73. The summed E-state index contributed by atoms with van der Waals surface area (Å²) in [6.45, 7) is 2.13. The van der Waals surface area contributed by atoms with Crippen LogP contribution in [-0.2, 0) is 9.59 Å². The Bertz CT molecular complexity index is 645. The highest BCUT2D eigenvalue weighted by atomic mass is 16.6. The number of amides is 1. The average molecular weight is 336 g/mol. The van der Waals surface area contributed by atoms with Gasteiger partial charge in [-0.15, -0.1) is 0 Å². The smallest absolute Gasteiger partial charge is 0.307 e. The van der Waals surface area contributed by atoms with E-state index in [0.29, 0.717) is 25.2 Å². The fraction of sp³-hybridized carbons (Fsp3) is 0.500. The quantitative estimate of drug-likeness (QED) is 0.609. The predicted molar refractivity (Wildman–Crippen MR) is 86.0 cm³/mol. The van der Waals surface area contributed by atoms with Gasteiger partial charge >= 0.3 is 5.97 Å². The maximum Gasteiger partial charge on any atom is 0.307 e. The molecule has 0 unspecified atom stereocenters. The van der Waals surface area contributed by atoms with Crippen molar-refractivity contribution in [3.63, 3.8) is 0 Å². The highest BCUT2D eigenvalue weighted by Crippen LogP contribution is 2.34. The summed E-state index contributed by atoms with van der Waals surface area (Å²) in [7, 11) is 0. The molecule has 1 saturated carbocycles. The zero-order valence-corrected chi connectivity index (χ0v) is 13.4. The van der Waals surface area contributed by atoms with Gasteiger partial charge in [0.15, 0.2) is 0 Å². The summed E-state index contributed by atoms with van der Waals surface area (Å²) in [6.07, 6.45) is 2.45. The van der Waals surface area contributed by atoms with Crippen molar-refractivity contribution in [1.29, 1.82) is 0 Å². The molecular weight excluding hydrogens is 316 g/mol. The molecule has 8 heteroatoms. The van der Waals surface area contributed by atoms with E-state index in [-0.39, 0.29) is 11.4 Å². The van der Waals surface area contributed by atoms with Gasteiger partial charge in [-0.3, -0.25) is 19.7 Å². The Balaban J connectivity index is 2.21. The van der Waals surface area contributed by atoms with Crippen molar-refractivity contribution < 1.29 is 24.4 Å². The van der Waals surface area contributed by atoms with E-state index < -0.39 is 28.6 Å². The van der Waals surface area contributed by atoms with Gasteiger partial charge in [0.25, 0.3) is 5.69 Å². The van der Waals surface area contributed by atoms with Crippen molar-refractivity contribution in [1.82, 2.24) is 0 Å². The lowest BCUT2D eigenvalue weighted by Gasteiger charge is -2.27. The molecule has 1 amide bonds. The van der Waals surface area contributed by atoms with Crippen LogP contribution in [0.2, 0.25) is 0 Å². The van der Waals surface area contributed by atoms with Gasteiger partial charge in [0.1, 0.15) is 11.4 Å². The van der Waals surface area contributed by atoms with E-state index in [9.17, 15) is 24.8 Å². The Morgan fingerprint density at radius 2 is 2.00 bits per heavy atom. The molecule has 0 aromatic heterocycles. The molecule has 0 saturated heterocycles. The van der Waals surface area contributed by atoms with Crippen LogP contribution < -0.4 is 10.1 Å². The van der Waals surface area contributed by atoms with E-state index >= 15 is 0 Å². The van der Waals surface area contributed by atoms with Crippen LogP contribution >= 0.6 is 0 Å². The number of anilines is 1. The second-order valence-corrected chi connectivity index (χ2v) is 5.69. The van der Waals surface area contributed by atoms with E-state index in [1.807, 2.05) is 0 Å². The molecule has 0 spiro atoms. The lowest BCUT2D eigenvalue weighted by atomic mass is 9.78. The summed E-state index contributed by atoms with van der Waals surface area (Å²) < 4.78 is 5.23. The molecule has 0 bridgehead atoms. The summed E-state index contributed by atoms with van der Waals surface area (Å²) in [5.41, 5.74) is -0.236. The number of aliphatic carboxylic acids is 1. The van der Waals surface area contributed by atoms with E-state index in [4.69, 9.17) is 4.74 Å². The second kappa shape index (κ2) is 7.76. The predicted octanol–water partition coefficient (Wildman–Crippen LogP) is 2.82. The summed E-state index contributed by atoms with van der Waals surface area (Å²) in [4.78, 5) is 34.4. The van der Waals surface area contributed by atoms with Gasteiger partial charge in [0.2, 0.25) is 5.91 Å². The van der Waals surface area contributed by atoms with Crippen LogP contribution in [0.4, 0.5) is 11.4 Å². The molecule has 1 fully saturated rings. The number of nitro benzene ring substituents is 1. The lowest BCUT2D eigenvalue weighted by molar-refractivity contribution is -0.384. The molecule has 24 heavy (non-hydrogen) atoms.